The third kappa shape index (κ3) is 3.58. The van der Waals surface area contributed by atoms with E-state index < -0.39 is 0 Å². The van der Waals surface area contributed by atoms with E-state index >= 15 is 0 Å². The van der Waals surface area contributed by atoms with E-state index in [4.69, 9.17) is 9.15 Å². The van der Waals surface area contributed by atoms with Crippen molar-refractivity contribution in [1.29, 1.82) is 0 Å². The lowest BCUT2D eigenvalue weighted by molar-refractivity contribution is 0.0715. The zero-order valence-corrected chi connectivity index (χ0v) is 15.6. The molecular weight excluding hydrogens is 359 g/mol. The zero-order chi connectivity index (χ0) is 19.5. The Morgan fingerprint density at radius 1 is 0.964 bits per heavy atom. The van der Waals surface area contributed by atoms with E-state index in [0.717, 1.165) is 24.5 Å². The zero-order valence-electron chi connectivity index (χ0n) is 15.6. The molecule has 1 aliphatic heterocycles. The van der Waals surface area contributed by atoms with Crippen LogP contribution >= 0.6 is 0 Å². The second-order valence-electron chi connectivity index (χ2n) is 6.62. The van der Waals surface area contributed by atoms with Gasteiger partial charge in [0, 0.05) is 31.9 Å². The van der Waals surface area contributed by atoms with Crippen LogP contribution in [0.25, 0.3) is 11.3 Å². The highest BCUT2D eigenvalue weighted by atomic mass is 19.1. The van der Waals surface area contributed by atoms with Gasteiger partial charge in [-0.1, -0.05) is 12.1 Å². The fourth-order valence-electron chi connectivity index (χ4n) is 3.38. The number of benzene rings is 2. The van der Waals surface area contributed by atoms with Gasteiger partial charge in [-0.05, 0) is 48.5 Å². The van der Waals surface area contributed by atoms with Gasteiger partial charge in [0.25, 0.3) is 5.91 Å². The van der Waals surface area contributed by atoms with Gasteiger partial charge in [-0.2, -0.15) is 0 Å². The van der Waals surface area contributed by atoms with E-state index in [2.05, 4.69) is 4.90 Å². The second kappa shape index (κ2) is 7.76. The summed E-state index contributed by atoms with van der Waals surface area (Å²) < 4.78 is 24.8. The first-order valence-electron chi connectivity index (χ1n) is 9.19. The summed E-state index contributed by atoms with van der Waals surface area (Å²) in [5.74, 6) is 0.872. The van der Waals surface area contributed by atoms with Gasteiger partial charge in [-0.3, -0.25) is 4.79 Å². The molecule has 1 aliphatic rings. The van der Waals surface area contributed by atoms with Crippen LogP contribution in [0.3, 0.4) is 0 Å². The maximum absolute atomic E-state index is 13.9. The van der Waals surface area contributed by atoms with Crippen LogP contribution in [-0.4, -0.2) is 44.1 Å². The third-order valence-electron chi connectivity index (χ3n) is 4.96. The molecule has 6 heteroatoms. The summed E-state index contributed by atoms with van der Waals surface area (Å²) in [4.78, 5) is 16.8. The number of halogens is 1. The topological polar surface area (TPSA) is 45.9 Å². The number of nitrogens with zero attached hydrogens (tertiary/aromatic N) is 2. The number of rotatable bonds is 4. The summed E-state index contributed by atoms with van der Waals surface area (Å²) in [5.41, 5.74) is 1.46. The second-order valence-corrected chi connectivity index (χ2v) is 6.62. The summed E-state index contributed by atoms with van der Waals surface area (Å²) >= 11 is 0. The van der Waals surface area contributed by atoms with Crippen molar-refractivity contribution in [2.45, 2.75) is 0 Å². The Morgan fingerprint density at radius 2 is 1.68 bits per heavy atom. The molecule has 0 saturated carbocycles. The standard InChI is InChI=1S/C22H21FN2O3/c1-27-17-8-6-16(7-9-17)24-12-14-25(15-13-24)22(26)21-11-10-20(28-21)18-4-2-3-5-19(18)23/h2-11H,12-15H2,1H3. The number of piperazine rings is 1. The number of carbonyl (C=O) groups excluding carboxylic acids is 1. The molecular formula is C22H21FN2O3. The number of hydrogen-bond acceptors (Lipinski definition) is 4. The van der Waals surface area contributed by atoms with Crippen LogP contribution in [0.2, 0.25) is 0 Å². The maximum Gasteiger partial charge on any atom is 0.289 e. The molecule has 3 aromatic rings. The van der Waals surface area contributed by atoms with Crippen molar-refractivity contribution in [3.8, 4) is 17.1 Å². The summed E-state index contributed by atoms with van der Waals surface area (Å²) in [5, 5.41) is 0. The monoisotopic (exact) mass is 380 g/mol. The van der Waals surface area contributed by atoms with Gasteiger partial charge in [0.2, 0.25) is 0 Å². The van der Waals surface area contributed by atoms with Crippen molar-refractivity contribution >= 4 is 11.6 Å². The summed E-state index contributed by atoms with van der Waals surface area (Å²) in [7, 11) is 1.64. The Bertz CT molecular complexity index is 960. The van der Waals surface area contributed by atoms with Crippen LogP contribution in [0.15, 0.2) is 65.1 Å². The lowest BCUT2D eigenvalue weighted by atomic mass is 10.1. The molecule has 0 aliphatic carbocycles. The number of carbonyl (C=O) groups is 1. The molecule has 1 amide bonds. The van der Waals surface area contributed by atoms with Crippen molar-refractivity contribution in [1.82, 2.24) is 4.90 Å². The number of hydrogen-bond donors (Lipinski definition) is 0. The fourth-order valence-corrected chi connectivity index (χ4v) is 3.38. The van der Waals surface area contributed by atoms with Crippen LogP contribution in [0.4, 0.5) is 10.1 Å². The molecule has 2 heterocycles. The Labute approximate surface area is 162 Å². The van der Waals surface area contributed by atoms with Gasteiger partial charge in [0.05, 0.1) is 12.7 Å². The Kier molecular flexibility index (Phi) is 5.02. The van der Waals surface area contributed by atoms with Crippen molar-refractivity contribution in [3.05, 3.63) is 72.2 Å². The lowest BCUT2D eigenvalue weighted by Gasteiger charge is -2.35. The van der Waals surface area contributed by atoms with Gasteiger partial charge < -0.3 is 19.0 Å². The van der Waals surface area contributed by atoms with E-state index in [9.17, 15) is 9.18 Å². The maximum atomic E-state index is 13.9. The molecule has 0 N–H and O–H groups in total. The van der Waals surface area contributed by atoms with Crippen LogP contribution in [0.5, 0.6) is 5.75 Å². The molecule has 0 unspecified atom stereocenters. The summed E-state index contributed by atoms with van der Waals surface area (Å²) in [6.45, 7) is 2.67. The average Bonchev–Trinajstić information content (AvgIpc) is 3.24. The van der Waals surface area contributed by atoms with Gasteiger partial charge in [-0.25, -0.2) is 4.39 Å². The molecule has 1 fully saturated rings. The van der Waals surface area contributed by atoms with Crippen molar-refractivity contribution in [2.24, 2.45) is 0 Å². The number of ether oxygens (including phenoxy) is 1. The smallest absolute Gasteiger partial charge is 0.289 e. The molecule has 1 aromatic heterocycles. The minimum atomic E-state index is -0.371. The Balaban J connectivity index is 1.41. The number of amides is 1. The predicted octanol–water partition coefficient (Wildman–Crippen LogP) is 4.06. The van der Waals surface area contributed by atoms with Gasteiger partial charge in [0.1, 0.15) is 17.3 Å². The predicted molar refractivity (Wildman–Crippen MR) is 105 cm³/mol. The van der Waals surface area contributed by atoms with Crippen LogP contribution in [0.1, 0.15) is 10.6 Å². The van der Waals surface area contributed by atoms with E-state index in [-0.39, 0.29) is 17.5 Å². The third-order valence-corrected chi connectivity index (χ3v) is 4.96. The van der Waals surface area contributed by atoms with Crippen LogP contribution < -0.4 is 9.64 Å². The highest BCUT2D eigenvalue weighted by molar-refractivity contribution is 5.92. The van der Waals surface area contributed by atoms with E-state index in [1.54, 1.807) is 42.3 Å². The van der Waals surface area contributed by atoms with Gasteiger partial charge in [0.15, 0.2) is 5.76 Å². The minimum absolute atomic E-state index is 0.169. The molecule has 2 aromatic carbocycles. The first-order chi connectivity index (χ1) is 13.7. The number of furan rings is 1. The molecule has 0 bridgehead atoms. The van der Waals surface area contributed by atoms with E-state index in [0.29, 0.717) is 24.4 Å². The molecule has 4 rings (SSSR count). The van der Waals surface area contributed by atoms with E-state index in [1.165, 1.54) is 6.07 Å². The number of methoxy groups -OCH3 is 1. The van der Waals surface area contributed by atoms with Gasteiger partial charge in [-0.15, -0.1) is 0 Å². The largest absolute Gasteiger partial charge is 0.497 e. The molecule has 5 nitrogen and oxygen atoms in total. The molecule has 144 valence electrons. The van der Waals surface area contributed by atoms with Gasteiger partial charge >= 0.3 is 0 Å². The minimum Gasteiger partial charge on any atom is -0.497 e. The molecule has 28 heavy (non-hydrogen) atoms. The van der Waals surface area contributed by atoms with Crippen molar-refractivity contribution in [3.63, 3.8) is 0 Å². The highest BCUT2D eigenvalue weighted by Gasteiger charge is 2.25. The van der Waals surface area contributed by atoms with Crippen molar-refractivity contribution in [2.75, 3.05) is 38.2 Å². The fraction of sp³-hybridized carbons (Fsp3) is 0.227. The van der Waals surface area contributed by atoms with Crippen molar-refractivity contribution < 1.29 is 18.3 Å². The first kappa shape index (κ1) is 18.1. The molecule has 1 saturated heterocycles. The SMILES string of the molecule is COc1ccc(N2CCN(C(=O)c3ccc(-c4ccccc4F)o3)CC2)cc1. The Hall–Kier alpha value is -3.28. The normalized spacial score (nSPS) is 14.2. The Morgan fingerprint density at radius 3 is 2.36 bits per heavy atom. The van der Waals surface area contributed by atoms with E-state index in [1.807, 2.05) is 24.3 Å². The van der Waals surface area contributed by atoms with Crippen LogP contribution in [-0.2, 0) is 0 Å². The average molecular weight is 380 g/mol. The highest BCUT2D eigenvalue weighted by Crippen LogP contribution is 2.26. The number of anilines is 1. The molecule has 0 spiro atoms. The first-order valence-corrected chi connectivity index (χ1v) is 9.19. The van der Waals surface area contributed by atoms with Crippen LogP contribution in [0, 0.1) is 5.82 Å². The summed E-state index contributed by atoms with van der Waals surface area (Å²) in [6, 6.07) is 17.5. The molecule has 0 radical (unpaired) electrons. The molecule has 0 atom stereocenters. The summed E-state index contributed by atoms with van der Waals surface area (Å²) in [6.07, 6.45) is 0. The lowest BCUT2D eigenvalue weighted by Crippen LogP contribution is -2.48. The quantitative estimate of drug-likeness (QED) is 0.685.